The van der Waals surface area contributed by atoms with Gasteiger partial charge in [-0.2, -0.15) is 0 Å². The van der Waals surface area contributed by atoms with Gasteiger partial charge in [0, 0.05) is 6.42 Å². The molecule has 0 aromatic rings. The number of aliphatic hydroxyl groups excluding tert-OH is 1. The van der Waals surface area contributed by atoms with Gasteiger partial charge in [0.25, 0.3) is 0 Å². The summed E-state index contributed by atoms with van der Waals surface area (Å²) in [5.41, 5.74) is 0.882. The minimum atomic E-state index is -0.643. The molecule has 0 heterocycles. The predicted octanol–water partition coefficient (Wildman–Crippen LogP) is 5.51. The SMILES string of the molecule is C[C@H](CCC(=O)O)[C@H]1CC[C@H]2[C@@H]3CC[C@@H]4CC(O)CC[C@]4(C)[C@H]3CC[C@]12C. The summed E-state index contributed by atoms with van der Waals surface area (Å²) in [7, 11) is 0. The maximum Gasteiger partial charge on any atom is 0.303 e. The zero-order chi connectivity index (χ0) is 19.4. The third kappa shape index (κ3) is 3.16. The highest BCUT2D eigenvalue weighted by Gasteiger charge is 2.60. The fraction of sp³-hybridized carbons (Fsp3) is 0.958. The molecular weight excluding hydrogens is 336 g/mol. The summed E-state index contributed by atoms with van der Waals surface area (Å²) in [4.78, 5) is 11.0. The maximum atomic E-state index is 11.0. The topological polar surface area (TPSA) is 57.5 Å². The molecule has 9 atom stereocenters. The van der Waals surface area contributed by atoms with Crippen molar-refractivity contribution in [3.63, 3.8) is 0 Å². The second kappa shape index (κ2) is 7.04. The molecule has 0 spiro atoms. The van der Waals surface area contributed by atoms with Crippen molar-refractivity contribution in [3.05, 3.63) is 0 Å². The van der Waals surface area contributed by atoms with Crippen LogP contribution in [0, 0.1) is 46.3 Å². The minimum absolute atomic E-state index is 0.0561. The maximum absolute atomic E-state index is 11.0. The lowest BCUT2D eigenvalue weighted by Crippen LogP contribution is -2.54. The largest absolute Gasteiger partial charge is 0.481 e. The lowest BCUT2D eigenvalue weighted by molar-refractivity contribution is -0.138. The van der Waals surface area contributed by atoms with Gasteiger partial charge >= 0.3 is 5.97 Å². The quantitative estimate of drug-likeness (QED) is 0.680. The van der Waals surface area contributed by atoms with Crippen molar-refractivity contribution in [2.45, 2.75) is 97.5 Å². The van der Waals surface area contributed by atoms with E-state index in [9.17, 15) is 9.90 Å². The molecule has 4 aliphatic carbocycles. The summed E-state index contributed by atoms with van der Waals surface area (Å²) in [6.45, 7) is 7.43. The van der Waals surface area contributed by atoms with Gasteiger partial charge in [-0.3, -0.25) is 4.79 Å². The molecule has 0 aliphatic heterocycles. The fourth-order valence-electron chi connectivity index (χ4n) is 8.76. The summed E-state index contributed by atoms with van der Waals surface area (Å²) in [6, 6.07) is 0. The standard InChI is InChI=1S/C24H40O3/c1-15(4-9-22(26)27)19-7-8-20-18-6-5-16-14-17(25)10-12-23(16,2)21(18)11-13-24(19,20)3/h15-21,25H,4-14H2,1-3H3,(H,26,27)/t15-,16-,17?,18+,19-,20+,21+,23+,24-/m1/s1. The van der Waals surface area contributed by atoms with Crippen molar-refractivity contribution in [1.29, 1.82) is 0 Å². The van der Waals surface area contributed by atoms with Crippen LogP contribution in [0.1, 0.15) is 91.4 Å². The fourth-order valence-corrected chi connectivity index (χ4v) is 8.76. The average Bonchev–Trinajstić information content (AvgIpc) is 2.97. The first-order valence-electron chi connectivity index (χ1n) is 11.7. The van der Waals surface area contributed by atoms with Crippen molar-refractivity contribution < 1.29 is 15.0 Å². The Kier molecular flexibility index (Phi) is 5.15. The van der Waals surface area contributed by atoms with E-state index in [-0.39, 0.29) is 6.10 Å². The highest BCUT2D eigenvalue weighted by atomic mass is 16.4. The zero-order valence-corrected chi connectivity index (χ0v) is 17.6. The summed E-state index contributed by atoms with van der Waals surface area (Å²) in [5, 5.41) is 19.3. The molecule has 4 rings (SSSR count). The van der Waals surface area contributed by atoms with E-state index in [1.165, 1.54) is 44.9 Å². The molecule has 0 amide bonds. The van der Waals surface area contributed by atoms with Crippen LogP contribution in [0.15, 0.2) is 0 Å². The Labute approximate surface area is 165 Å². The van der Waals surface area contributed by atoms with E-state index >= 15 is 0 Å². The number of carbonyl (C=O) groups is 1. The van der Waals surface area contributed by atoms with Crippen LogP contribution in [-0.2, 0) is 4.79 Å². The van der Waals surface area contributed by atoms with Gasteiger partial charge in [-0.25, -0.2) is 0 Å². The Balaban J connectivity index is 1.51. The zero-order valence-electron chi connectivity index (χ0n) is 17.6. The highest BCUT2D eigenvalue weighted by Crippen LogP contribution is 2.68. The molecule has 4 aliphatic rings. The van der Waals surface area contributed by atoms with E-state index in [2.05, 4.69) is 20.8 Å². The Morgan fingerprint density at radius 1 is 1.00 bits per heavy atom. The summed E-state index contributed by atoms with van der Waals surface area (Å²) in [6.07, 6.45) is 12.4. The third-order valence-electron chi connectivity index (χ3n) is 10.2. The molecule has 3 nitrogen and oxygen atoms in total. The number of rotatable bonds is 4. The molecular formula is C24H40O3. The third-order valence-corrected chi connectivity index (χ3v) is 10.2. The molecule has 4 saturated carbocycles. The number of hydrogen-bond donors (Lipinski definition) is 2. The second-order valence-corrected chi connectivity index (χ2v) is 11.2. The smallest absolute Gasteiger partial charge is 0.303 e. The number of carboxylic acid groups (broad SMARTS) is 1. The van der Waals surface area contributed by atoms with E-state index in [1.807, 2.05) is 0 Å². The van der Waals surface area contributed by atoms with E-state index in [4.69, 9.17) is 5.11 Å². The second-order valence-electron chi connectivity index (χ2n) is 11.2. The Morgan fingerprint density at radius 2 is 1.70 bits per heavy atom. The van der Waals surface area contributed by atoms with Crippen LogP contribution in [0.25, 0.3) is 0 Å². The lowest BCUT2D eigenvalue weighted by atomic mass is 9.44. The normalized spacial score (nSPS) is 50.4. The monoisotopic (exact) mass is 376 g/mol. The molecule has 154 valence electrons. The first-order chi connectivity index (χ1) is 12.8. The van der Waals surface area contributed by atoms with E-state index in [1.54, 1.807) is 0 Å². The van der Waals surface area contributed by atoms with Crippen LogP contribution >= 0.6 is 0 Å². The Morgan fingerprint density at radius 3 is 2.44 bits per heavy atom. The summed E-state index contributed by atoms with van der Waals surface area (Å²) < 4.78 is 0. The molecule has 3 heteroatoms. The number of aliphatic carboxylic acids is 1. The Bertz CT molecular complexity index is 574. The first kappa shape index (κ1) is 19.7. The van der Waals surface area contributed by atoms with Gasteiger partial charge in [0.05, 0.1) is 6.10 Å². The van der Waals surface area contributed by atoms with Gasteiger partial charge in [-0.15, -0.1) is 0 Å². The van der Waals surface area contributed by atoms with Gasteiger partial charge in [0.2, 0.25) is 0 Å². The summed E-state index contributed by atoms with van der Waals surface area (Å²) in [5.74, 6) is 3.91. The molecule has 2 N–H and O–H groups in total. The first-order valence-corrected chi connectivity index (χ1v) is 11.7. The molecule has 0 aromatic heterocycles. The van der Waals surface area contributed by atoms with Crippen LogP contribution in [0.5, 0.6) is 0 Å². The Hall–Kier alpha value is -0.570. The molecule has 4 fully saturated rings. The number of aliphatic hydroxyl groups is 1. The van der Waals surface area contributed by atoms with E-state index in [0.717, 1.165) is 42.9 Å². The molecule has 1 unspecified atom stereocenters. The van der Waals surface area contributed by atoms with E-state index < -0.39 is 5.97 Å². The van der Waals surface area contributed by atoms with Crippen LogP contribution in [0.2, 0.25) is 0 Å². The molecule has 0 bridgehead atoms. The highest BCUT2D eigenvalue weighted by molar-refractivity contribution is 5.66. The number of carboxylic acids is 1. The van der Waals surface area contributed by atoms with Crippen molar-refractivity contribution in [3.8, 4) is 0 Å². The number of fused-ring (bicyclic) bond motifs is 5. The van der Waals surface area contributed by atoms with Gasteiger partial charge in [0.15, 0.2) is 0 Å². The predicted molar refractivity (Wildman–Crippen MR) is 107 cm³/mol. The van der Waals surface area contributed by atoms with Crippen molar-refractivity contribution in [1.82, 2.24) is 0 Å². The summed E-state index contributed by atoms with van der Waals surface area (Å²) >= 11 is 0. The van der Waals surface area contributed by atoms with Crippen molar-refractivity contribution in [2.24, 2.45) is 46.3 Å². The number of hydrogen-bond acceptors (Lipinski definition) is 2. The van der Waals surface area contributed by atoms with Crippen LogP contribution < -0.4 is 0 Å². The van der Waals surface area contributed by atoms with Crippen molar-refractivity contribution >= 4 is 5.97 Å². The van der Waals surface area contributed by atoms with Crippen LogP contribution in [-0.4, -0.2) is 22.3 Å². The molecule has 0 radical (unpaired) electrons. The minimum Gasteiger partial charge on any atom is -0.481 e. The van der Waals surface area contributed by atoms with Gasteiger partial charge in [-0.1, -0.05) is 20.8 Å². The van der Waals surface area contributed by atoms with Gasteiger partial charge < -0.3 is 10.2 Å². The molecule has 0 aromatic carbocycles. The molecule has 0 saturated heterocycles. The van der Waals surface area contributed by atoms with Crippen LogP contribution in [0.3, 0.4) is 0 Å². The average molecular weight is 377 g/mol. The van der Waals surface area contributed by atoms with Gasteiger partial charge in [0.1, 0.15) is 0 Å². The molecule has 27 heavy (non-hydrogen) atoms. The van der Waals surface area contributed by atoms with Gasteiger partial charge in [-0.05, 0) is 111 Å². The van der Waals surface area contributed by atoms with E-state index in [0.29, 0.717) is 29.1 Å². The lowest BCUT2D eigenvalue weighted by Gasteiger charge is -2.61. The van der Waals surface area contributed by atoms with Crippen LogP contribution in [0.4, 0.5) is 0 Å². The van der Waals surface area contributed by atoms with Crippen molar-refractivity contribution in [2.75, 3.05) is 0 Å².